The molecule has 1 aromatic rings. The molecule has 0 aromatic carbocycles. The van der Waals surface area contributed by atoms with Crippen LogP contribution in [0.3, 0.4) is 0 Å². The van der Waals surface area contributed by atoms with Gasteiger partial charge in [0.25, 0.3) is 0 Å². The Labute approximate surface area is 108 Å². The minimum absolute atomic E-state index is 0.197. The van der Waals surface area contributed by atoms with Gasteiger partial charge >= 0.3 is 0 Å². The maximum absolute atomic E-state index is 11.4. The van der Waals surface area contributed by atoms with E-state index in [0.29, 0.717) is 25.5 Å². The molecule has 0 bridgehead atoms. The number of hydrogen-bond acceptors (Lipinski definition) is 5. The zero-order valence-electron chi connectivity index (χ0n) is 8.63. The van der Waals surface area contributed by atoms with Crippen LogP contribution < -0.4 is 4.90 Å². The van der Waals surface area contributed by atoms with Crippen molar-refractivity contribution in [3.05, 3.63) is 16.0 Å². The minimum Gasteiger partial charge on any atom is -0.340 e. The van der Waals surface area contributed by atoms with Gasteiger partial charge in [-0.2, -0.15) is 0 Å². The number of halogens is 1. The molecule has 2 rings (SSSR count). The number of rotatable bonds is 1. The summed E-state index contributed by atoms with van der Waals surface area (Å²) in [7, 11) is -2.87. The van der Waals surface area contributed by atoms with Crippen molar-refractivity contribution in [3.63, 3.8) is 0 Å². The van der Waals surface area contributed by atoms with Crippen molar-refractivity contribution in [2.24, 2.45) is 0 Å². The predicted molar refractivity (Wildman–Crippen MR) is 70.2 cm³/mol. The lowest BCUT2D eigenvalue weighted by molar-refractivity contribution is 0.597. The van der Waals surface area contributed by atoms with E-state index < -0.39 is 9.84 Å². The van der Waals surface area contributed by atoms with Crippen LogP contribution >= 0.6 is 22.6 Å². The molecular weight excluding hydrogens is 341 g/mol. The third-order valence-corrected chi connectivity index (χ3v) is 4.72. The van der Waals surface area contributed by atoms with Gasteiger partial charge in [-0.1, -0.05) is 0 Å². The maximum Gasteiger partial charge on any atom is 0.225 e. The lowest BCUT2D eigenvalue weighted by Crippen LogP contribution is -2.28. The second-order valence-corrected chi connectivity index (χ2v) is 7.24. The molecule has 0 amide bonds. The van der Waals surface area contributed by atoms with E-state index in [-0.39, 0.29) is 11.5 Å². The smallest absolute Gasteiger partial charge is 0.225 e. The van der Waals surface area contributed by atoms with Crippen molar-refractivity contribution in [3.8, 4) is 0 Å². The van der Waals surface area contributed by atoms with Gasteiger partial charge in [0.05, 0.1) is 11.5 Å². The van der Waals surface area contributed by atoms with E-state index in [9.17, 15) is 8.42 Å². The van der Waals surface area contributed by atoms with Crippen LogP contribution in [0, 0.1) is 3.57 Å². The third-order valence-electron chi connectivity index (χ3n) is 2.45. The van der Waals surface area contributed by atoms with Crippen LogP contribution in [-0.2, 0) is 9.84 Å². The first-order chi connectivity index (χ1) is 7.57. The Morgan fingerprint density at radius 3 is 2.56 bits per heavy atom. The van der Waals surface area contributed by atoms with E-state index in [1.54, 1.807) is 12.4 Å². The van der Waals surface area contributed by atoms with Gasteiger partial charge in [0, 0.05) is 29.1 Å². The van der Waals surface area contributed by atoms with Crippen LogP contribution in [0.1, 0.15) is 6.42 Å². The van der Waals surface area contributed by atoms with Gasteiger partial charge in [0.15, 0.2) is 9.84 Å². The first-order valence-electron chi connectivity index (χ1n) is 5.00. The molecule has 0 aliphatic carbocycles. The summed E-state index contributed by atoms with van der Waals surface area (Å²) in [6, 6.07) is 0. The Kier molecular flexibility index (Phi) is 3.63. The van der Waals surface area contributed by atoms with E-state index in [2.05, 4.69) is 32.6 Å². The first kappa shape index (κ1) is 12.0. The number of nitrogens with zero attached hydrogens (tertiary/aromatic N) is 3. The van der Waals surface area contributed by atoms with Crippen LogP contribution in [0.4, 0.5) is 5.95 Å². The zero-order chi connectivity index (χ0) is 11.6. The second kappa shape index (κ2) is 4.82. The molecule has 5 nitrogen and oxygen atoms in total. The summed E-state index contributed by atoms with van der Waals surface area (Å²) >= 11 is 2.14. The van der Waals surface area contributed by atoms with Crippen LogP contribution in [0.25, 0.3) is 0 Å². The van der Waals surface area contributed by atoms with E-state index >= 15 is 0 Å². The Morgan fingerprint density at radius 2 is 1.88 bits per heavy atom. The highest BCUT2D eigenvalue weighted by atomic mass is 127. The molecule has 88 valence electrons. The lowest BCUT2D eigenvalue weighted by atomic mass is 10.4. The molecule has 0 N–H and O–H groups in total. The predicted octanol–water partition coefficient (Wildman–Crippen LogP) is 0.706. The van der Waals surface area contributed by atoms with E-state index in [1.165, 1.54) is 0 Å². The number of hydrogen-bond donors (Lipinski definition) is 0. The Morgan fingerprint density at radius 1 is 1.19 bits per heavy atom. The minimum atomic E-state index is -2.87. The quantitative estimate of drug-likeness (QED) is 0.696. The zero-order valence-corrected chi connectivity index (χ0v) is 11.6. The summed E-state index contributed by atoms with van der Waals surface area (Å²) in [6.07, 6.45) is 4.13. The molecule has 1 fully saturated rings. The maximum atomic E-state index is 11.4. The van der Waals surface area contributed by atoms with Crippen molar-refractivity contribution in [2.45, 2.75) is 6.42 Å². The fourth-order valence-electron chi connectivity index (χ4n) is 1.61. The van der Waals surface area contributed by atoms with Gasteiger partial charge in [-0.3, -0.25) is 0 Å². The molecular formula is C9H12IN3O2S. The fourth-order valence-corrected chi connectivity index (χ4v) is 3.16. The topological polar surface area (TPSA) is 63.2 Å². The molecule has 7 heteroatoms. The summed E-state index contributed by atoms with van der Waals surface area (Å²) < 4.78 is 23.8. The average Bonchev–Trinajstić information content (AvgIpc) is 2.41. The van der Waals surface area contributed by atoms with Gasteiger partial charge in [-0.25, -0.2) is 18.4 Å². The largest absolute Gasteiger partial charge is 0.340 e. The monoisotopic (exact) mass is 353 g/mol. The number of aromatic nitrogens is 2. The van der Waals surface area contributed by atoms with E-state index in [0.717, 1.165) is 3.57 Å². The van der Waals surface area contributed by atoms with E-state index in [1.807, 2.05) is 4.90 Å². The van der Waals surface area contributed by atoms with Crippen molar-refractivity contribution in [2.75, 3.05) is 29.5 Å². The molecule has 1 aliphatic heterocycles. The van der Waals surface area contributed by atoms with E-state index in [4.69, 9.17) is 0 Å². The Hall–Kier alpha value is -0.440. The molecule has 16 heavy (non-hydrogen) atoms. The van der Waals surface area contributed by atoms with Crippen molar-refractivity contribution >= 4 is 38.4 Å². The SMILES string of the molecule is O=S1(=O)CCCN(c2ncc(I)cn2)CC1. The summed E-state index contributed by atoms with van der Waals surface area (Å²) in [5, 5.41) is 0. The van der Waals surface area contributed by atoms with Gasteiger partial charge in [0.1, 0.15) is 0 Å². The first-order valence-corrected chi connectivity index (χ1v) is 7.90. The molecule has 1 saturated heterocycles. The normalized spacial score (nSPS) is 20.4. The van der Waals surface area contributed by atoms with Gasteiger partial charge in [0.2, 0.25) is 5.95 Å². The highest BCUT2D eigenvalue weighted by Crippen LogP contribution is 2.12. The van der Waals surface area contributed by atoms with Gasteiger partial charge < -0.3 is 4.90 Å². The van der Waals surface area contributed by atoms with Crippen LogP contribution in [0.5, 0.6) is 0 Å². The van der Waals surface area contributed by atoms with Crippen LogP contribution in [0.15, 0.2) is 12.4 Å². The molecule has 0 radical (unpaired) electrons. The summed E-state index contributed by atoms with van der Waals surface area (Å²) in [4.78, 5) is 10.3. The molecule has 0 unspecified atom stereocenters. The lowest BCUT2D eigenvalue weighted by Gasteiger charge is -2.18. The molecule has 1 aromatic heterocycles. The summed E-state index contributed by atoms with van der Waals surface area (Å²) in [5.74, 6) is 1.09. The highest BCUT2D eigenvalue weighted by Gasteiger charge is 2.20. The Bertz CT molecular complexity index is 460. The van der Waals surface area contributed by atoms with Crippen molar-refractivity contribution < 1.29 is 8.42 Å². The van der Waals surface area contributed by atoms with Gasteiger partial charge in [-0.05, 0) is 29.0 Å². The van der Waals surface area contributed by atoms with Crippen LogP contribution in [-0.4, -0.2) is 43.0 Å². The highest BCUT2D eigenvalue weighted by molar-refractivity contribution is 14.1. The van der Waals surface area contributed by atoms with Gasteiger partial charge in [-0.15, -0.1) is 0 Å². The van der Waals surface area contributed by atoms with Crippen LogP contribution in [0.2, 0.25) is 0 Å². The molecule has 0 spiro atoms. The average molecular weight is 353 g/mol. The standard InChI is InChI=1S/C9H12IN3O2S/c10-8-6-11-9(12-7-8)13-2-1-4-16(14,15)5-3-13/h6-7H,1-5H2. The third kappa shape index (κ3) is 3.03. The fraction of sp³-hybridized carbons (Fsp3) is 0.556. The Balaban J connectivity index is 2.13. The molecule has 2 heterocycles. The molecule has 1 aliphatic rings. The summed E-state index contributed by atoms with van der Waals surface area (Å²) in [5.41, 5.74) is 0. The number of sulfone groups is 1. The van der Waals surface area contributed by atoms with Crippen molar-refractivity contribution in [1.82, 2.24) is 9.97 Å². The molecule has 0 atom stereocenters. The number of anilines is 1. The molecule has 0 saturated carbocycles. The second-order valence-electron chi connectivity index (χ2n) is 3.69. The van der Waals surface area contributed by atoms with Crippen molar-refractivity contribution in [1.29, 1.82) is 0 Å². The summed E-state index contributed by atoms with van der Waals surface area (Å²) in [6.45, 7) is 1.20.